The highest BCUT2D eigenvalue weighted by Crippen LogP contribution is 2.31. The summed E-state index contributed by atoms with van der Waals surface area (Å²) in [7, 11) is 0. The van der Waals surface area contributed by atoms with Crippen LogP contribution in [0.1, 0.15) is 35.2 Å². The molecule has 1 aliphatic rings. The molecule has 5 rings (SSSR count). The number of carbonyl (C=O) groups is 1. The summed E-state index contributed by atoms with van der Waals surface area (Å²) in [4.78, 5) is 21.1. The van der Waals surface area contributed by atoms with Crippen molar-refractivity contribution < 1.29 is 18.0 Å². The molecule has 0 spiro atoms. The van der Waals surface area contributed by atoms with Crippen molar-refractivity contribution in [3.63, 3.8) is 0 Å². The summed E-state index contributed by atoms with van der Waals surface area (Å²) in [6.45, 7) is 1.63. The first-order chi connectivity index (χ1) is 16.8. The van der Waals surface area contributed by atoms with Gasteiger partial charge >= 0.3 is 6.18 Å². The van der Waals surface area contributed by atoms with Gasteiger partial charge in [0.1, 0.15) is 0 Å². The Morgan fingerprint density at radius 3 is 2.54 bits per heavy atom. The monoisotopic (exact) mass is 479 g/mol. The Bertz CT molecular complexity index is 1380. The van der Waals surface area contributed by atoms with Crippen LogP contribution in [0.25, 0.3) is 28.0 Å². The molecule has 6 nitrogen and oxygen atoms in total. The first-order valence-electron chi connectivity index (χ1n) is 11.4. The fourth-order valence-electron chi connectivity index (χ4n) is 4.04. The van der Waals surface area contributed by atoms with E-state index < -0.39 is 12.6 Å². The van der Waals surface area contributed by atoms with Crippen molar-refractivity contribution in [1.29, 1.82) is 0 Å². The molecule has 0 aliphatic heterocycles. The number of halogens is 3. The highest BCUT2D eigenvalue weighted by molar-refractivity contribution is 5.96. The van der Waals surface area contributed by atoms with Gasteiger partial charge < -0.3 is 10.6 Å². The van der Waals surface area contributed by atoms with Crippen molar-refractivity contribution in [2.75, 3.05) is 11.9 Å². The Morgan fingerprint density at radius 2 is 1.86 bits per heavy atom. The number of aromatic nitrogens is 3. The van der Waals surface area contributed by atoms with Crippen LogP contribution in [0.3, 0.4) is 0 Å². The zero-order valence-electron chi connectivity index (χ0n) is 19.1. The molecule has 0 saturated heterocycles. The Balaban J connectivity index is 1.54. The third-order valence-electron chi connectivity index (χ3n) is 6.02. The topological polar surface area (TPSA) is 71.3 Å². The van der Waals surface area contributed by atoms with Crippen LogP contribution in [0.4, 0.5) is 18.9 Å². The van der Waals surface area contributed by atoms with E-state index in [0.29, 0.717) is 16.9 Å². The van der Waals surface area contributed by atoms with Crippen molar-refractivity contribution in [1.82, 2.24) is 19.7 Å². The van der Waals surface area contributed by atoms with Gasteiger partial charge in [-0.2, -0.15) is 13.2 Å². The van der Waals surface area contributed by atoms with Crippen LogP contribution in [0.2, 0.25) is 0 Å². The number of fused-ring (bicyclic) bond motifs is 1. The van der Waals surface area contributed by atoms with Crippen LogP contribution in [0.15, 0.2) is 61.2 Å². The van der Waals surface area contributed by atoms with Gasteiger partial charge in [0.25, 0.3) is 5.91 Å². The molecule has 1 aromatic carbocycles. The molecule has 3 heterocycles. The first-order valence-corrected chi connectivity index (χ1v) is 11.4. The molecule has 0 atom stereocenters. The second kappa shape index (κ2) is 9.05. The molecule has 4 aromatic rings. The highest BCUT2D eigenvalue weighted by Gasteiger charge is 2.27. The summed E-state index contributed by atoms with van der Waals surface area (Å²) in [6, 6.07) is 11.4. The highest BCUT2D eigenvalue weighted by atomic mass is 19.4. The minimum atomic E-state index is -4.25. The lowest BCUT2D eigenvalue weighted by Gasteiger charge is -2.14. The van der Waals surface area contributed by atoms with Crippen LogP contribution in [0, 0.1) is 6.92 Å². The minimum Gasteiger partial charge on any atom is -0.382 e. The fourth-order valence-corrected chi connectivity index (χ4v) is 4.04. The van der Waals surface area contributed by atoms with E-state index in [1.807, 2.05) is 41.8 Å². The van der Waals surface area contributed by atoms with E-state index in [9.17, 15) is 18.0 Å². The number of alkyl halides is 3. The lowest BCUT2D eigenvalue weighted by Crippen LogP contribution is -2.26. The molecule has 0 unspecified atom stereocenters. The zero-order valence-corrected chi connectivity index (χ0v) is 19.1. The lowest BCUT2D eigenvalue weighted by molar-refractivity contribution is -0.131. The van der Waals surface area contributed by atoms with Gasteiger partial charge in [-0.15, -0.1) is 0 Å². The van der Waals surface area contributed by atoms with Gasteiger partial charge in [-0.3, -0.25) is 14.2 Å². The van der Waals surface area contributed by atoms with E-state index in [-0.39, 0.29) is 18.5 Å². The van der Waals surface area contributed by atoms with E-state index in [0.717, 1.165) is 40.8 Å². The summed E-state index contributed by atoms with van der Waals surface area (Å²) in [6.07, 6.45) is 3.77. The van der Waals surface area contributed by atoms with E-state index in [4.69, 9.17) is 0 Å². The van der Waals surface area contributed by atoms with Crippen molar-refractivity contribution in [2.24, 2.45) is 0 Å². The smallest absolute Gasteiger partial charge is 0.382 e. The Morgan fingerprint density at radius 1 is 1.09 bits per heavy atom. The van der Waals surface area contributed by atoms with Gasteiger partial charge in [-0.1, -0.05) is 6.07 Å². The van der Waals surface area contributed by atoms with Crippen LogP contribution < -0.4 is 10.6 Å². The summed E-state index contributed by atoms with van der Waals surface area (Å²) >= 11 is 0. The van der Waals surface area contributed by atoms with E-state index in [1.165, 1.54) is 0 Å². The molecule has 1 saturated carbocycles. The third-order valence-corrected chi connectivity index (χ3v) is 6.02. The minimum absolute atomic E-state index is 0.0779. The molecule has 3 aromatic heterocycles. The predicted molar refractivity (Wildman–Crippen MR) is 128 cm³/mol. The second-order valence-electron chi connectivity index (χ2n) is 8.78. The maximum atomic E-state index is 12.7. The number of rotatable bonds is 7. The Labute approximate surface area is 200 Å². The number of imidazole rings is 1. The molecule has 35 heavy (non-hydrogen) atoms. The summed E-state index contributed by atoms with van der Waals surface area (Å²) in [5.74, 6) is -0.0779. The largest absolute Gasteiger partial charge is 0.390 e. The number of anilines is 1. The zero-order chi connectivity index (χ0) is 24.6. The summed E-state index contributed by atoms with van der Waals surface area (Å²) in [5, 5.41) is 5.91. The predicted octanol–water partition coefficient (Wildman–Crippen LogP) is 5.63. The quantitative estimate of drug-likeness (QED) is 0.361. The standard InChI is InChI=1S/C26H24F3N5O/c1-16-12-18(2-5-21(16)25(35)33-20-3-4-20)23-14-32-24-22(31-11-8-26(27,28)29)13-19(15-34(23)24)17-6-9-30-10-7-17/h2,5-7,9-10,12-15,20,31H,3-4,8,11H2,1H3,(H,33,35). The molecule has 1 amide bonds. The van der Waals surface area contributed by atoms with Crippen molar-refractivity contribution in [2.45, 2.75) is 38.4 Å². The number of pyridine rings is 2. The van der Waals surface area contributed by atoms with Crippen LogP contribution >= 0.6 is 0 Å². The number of hydrogen-bond acceptors (Lipinski definition) is 4. The number of aryl methyl sites for hydroxylation is 1. The number of nitrogens with zero attached hydrogens (tertiary/aromatic N) is 3. The molecule has 2 N–H and O–H groups in total. The molecule has 1 aliphatic carbocycles. The van der Waals surface area contributed by atoms with Gasteiger partial charge in [0.15, 0.2) is 5.65 Å². The van der Waals surface area contributed by atoms with Gasteiger partial charge in [-0.05, 0) is 61.2 Å². The first kappa shape index (κ1) is 22.9. The Hall–Kier alpha value is -3.88. The van der Waals surface area contributed by atoms with E-state index in [1.54, 1.807) is 30.7 Å². The van der Waals surface area contributed by atoms with Gasteiger partial charge in [0.2, 0.25) is 0 Å². The molecule has 9 heteroatoms. The van der Waals surface area contributed by atoms with Crippen molar-refractivity contribution in [3.05, 3.63) is 72.3 Å². The van der Waals surface area contributed by atoms with E-state index in [2.05, 4.69) is 20.6 Å². The van der Waals surface area contributed by atoms with Gasteiger partial charge in [-0.25, -0.2) is 4.98 Å². The van der Waals surface area contributed by atoms with Crippen molar-refractivity contribution in [3.8, 4) is 22.4 Å². The Kier molecular flexibility index (Phi) is 5.92. The van der Waals surface area contributed by atoms with Gasteiger partial charge in [0, 0.05) is 47.9 Å². The molecular weight excluding hydrogens is 455 g/mol. The van der Waals surface area contributed by atoms with Crippen LogP contribution in [-0.2, 0) is 0 Å². The number of benzene rings is 1. The van der Waals surface area contributed by atoms with Crippen LogP contribution in [-0.4, -0.2) is 39.0 Å². The molecular formula is C26H24F3N5O. The SMILES string of the molecule is Cc1cc(-c2cnc3c(NCCC(F)(F)F)cc(-c4ccncc4)cn23)ccc1C(=O)NC1CC1. The van der Waals surface area contributed by atoms with Crippen molar-refractivity contribution >= 4 is 17.2 Å². The number of nitrogens with one attached hydrogen (secondary N) is 2. The average molecular weight is 480 g/mol. The number of carbonyl (C=O) groups excluding carboxylic acids is 1. The lowest BCUT2D eigenvalue weighted by atomic mass is 10.0. The molecule has 180 valence electrons. The number of amides is 1. The summed E-state index contributed by atoms with van der Waals surface area (Å²) in [5.41, 5.74) is 5.80. The molecule has 1 fully saturated rings. The van der Waals surface area contributed by atoms with E-state index >= 15 is 0 Å². The normalized spacial score (nSPS) is 13.7. The second-order valence-corrected chi connectivity index (χ2v) is 8.78. The maximum absolute atomic E-state index is 12.7. The number of hydrogen-bond donors (Lipinski definition) is 2. The fraction of sp³-hybridized carbons (Fsp3) is 0.269. The molecule has 0 bridgehead atoms. The maximum Gasteiger partial charge on any atom is 0.390 e. The van der Waals surface area contributed by atoms with Gasteiger partial charge in [0.05, 0.1) is 24.0 Å². The van der Waals surface area contributed by atoms with Crippen LogP contribution in [0.5, 0.6) is 0 Å². The average Bonchev–Trinajstić information content (AvgIpc) is 3.53. The third kappa shape index (κ3) is 5.13. The molecule has 0 radical (unpaired) electrons. The summed E-state index contributed by atoms with van der Waals surface area (Å²) < 4.78 is 40.1.